The first-order chi connectivity index (χ1) is 10.7. The minimum atomic E-state index is -0.845. The first-order valence-corrected chi connectivity index (χ1v) is 8.50. The Balaban J connectivity index is 1.55. The topological polar surface area (TPSA) is 9.23 Å². The van der Waals surface area contributed by atoms with Crippen molar-refractivity contribution in [2.75, 3.05) is 6.61 Å². The van der Waals surface area contributed by atoms with Gasteiger partial charge in [0.25, 0.3) is 0 Å². The molecule has 2 aliphatic rings. The second-order valence-corrected chi connectivity index (χ2v) is 6.61. The summed E-state index contributed by atoms with van der Waals surface area (Å²) in [5.41, 5.74) is 0.404. The number of rotatable bonds is 7. The van der Waals surface area contributed by atoms with Crippen LogP contribution in [0.2, 0.25) is 0 Å². The van der Waals surface area contributed by atoms with Crippen LogP contribution < -0.4 is 4.74 Å². The van der Waals surface area contributed by atoms with Crippen LogP contribution in [0, 0.1) is 23.5 Å². The van der Waals surface area contributed by atoms with Gasteiger partial charge in [0.05, 0.1) is 6.61 Å². The Morgan fingerprint density at radius 3 is 2.55 bits per heavy atom. The van der Waals surface area contributed by atoms with E-state index >= 15 is 0 Å². The average molecular weight is 306 g/mol. The minimum Gasteiger partial charge on any atom is -0.490 e. The van der Waals surface area contributed by atoms with Crippen molar-refractivity contribution in [2.24, 2.45) is 11.8 Å². The van der Waals surface area contributed by atoms with Crippen LogP contribution in [0.25, 0.3) is 0 Å². The minimum absolute atomic E-state index is 0.0432. The van der Waals surface area contributed by atoms with E-state index in [0.717, 1.165) is 12.3 Å². The fourth-order valence-electron chi connectivity index (χ4n) is 3.12. The average Bonchev–Trinajstić information content (AvgIpc) is 3.19. The van der Waals surface area contributed by atoms with Crippen molar-refractivity contribution in [1.29, 1.82) is 0 Å². The standard InChI is InChI=1S/C19H24F2O/c20-18-16(7-3-6-14-4-1-2-5-14)10-11-17(19(18)21)22-13-12-15-8-9-15/h3,6,10-11,14-15H,1-2,4-5,7-9,12-13H2/b6-3+. The van der Waals surface area contributed by atoms with Gasteiger partial charge in [0.15, 0.2) is 11.6 Å². The number of hydrogen-bond donors (Lipinski definition) is 0. The molecule has 2 aliphatic carbocycles. The van der Waals surface area contributed by atoms with E-state index in [4.69, 9.17) is 4.74 Å². The molecule has 2 fully saturated rings. The van der Waals surface area contributed by atoms with E-state index in [1.54, 1.807) is 12.1 Å². The number of benzene rings is 1. The molecule has 1 aromatic carbocycles. The lowest BCUT2D eigenvalue weighted by atomic mass is 10.1. The van der Waals surface area contributed by atoms with E-state index < -0.39 is 11.6 Å². The highest BCUT2D eigenvalue weighted by Crippen LogP contribution is 2.33. The maximum atomic E-state index is 14.1. The molecule has 120 valence electrons. The highest BCUT2D eigenvalue weighted by atomic mass is 19.2. The van der Waals surface area contributed by atoms with Crippen LogP contribution in [0.3, 0.4) is 0 Å². The summed E-state index contributed by atoms with van der Waals surface area (Å²) in [6.07, 6.45) is 13.0. The molecule has 0 N–H and O–H groups in total. The summed E-state index contributed by atoms with van der Waals surface area (Å²) in [7, 11) is 0. The van der Waals surface area contributed by atoms with E-state index in [0.29, 0.717) is 24.5 Å². The highest BCUT2D eigenvalue weighted by molar-refractivity contribution is 5.32. The zero-order valence-electron chi connectivity index (χ0n) is 13.0. The second kappa shape index (κ2) is 7.26. The molecule has 1 aromatic rings. The Kier molecular flexibility index (Phi) is 5.12. The Morgan fingerprint density at radius 2 is 1.82 bits per heavy atom. The summed E-state index contributed by atoms with van der Waals surface area (Å²) in [4.78, 5) is 0. The molecule has 0 spiro atoms. The van der Waals surface area contributed by atoms with Gasteiger partial charge in [-0.05, 0) is 49.1 Å². The Morgan fingerprint density at radius 1 is 1.05 bits per heavy atom. The smallest absolute Gasteiger partial charge is 0.200 e. The van der Waals surface area contributed by atoms with E-state index in [-0.39, 0.29) is 5.75 Å². The lowest BCUT2D eigenvalue weighted by Gasteiger charge is -2.09. The number of hydrogen-bond acceptors (Lipinski definition) is 1. The van der Waals surface area contributed by atoms with Crippen LogP contribution in [0.5, 0.6) is 5.75 Å². The van der Waals surface area contributed by atoms with Gasteiger partial charge in [0.1, 0.15) is 0 Å². The first-order valence-electron chi connectivity index (χ1n) is 8.50. The SMILES string of the molecule is Fc1c(C/C=C/C2CCCC2)ccc(OCCC2CC2)c1F. The van der Waals surface area contributed by atoms with Crippen molar-refractivity contribution < 1.29 is 13.5 Å². The van der Waals surface area contributed by atoms with Gasteiger partial charge in [-0.15, -0.1) is 0 Å². The molecule has 3 heteroatoms. The summed E-state index contributed by atoms with van der Waals surface area (Å²) in [5, 5.41) is 0. The molecule has 0 amide bonds. The van der Waals surface area contributed by atoms with Crippen molar-refractivity contribution in [3.63, 3.8) is 0 Å². The van der Waals surface area contributed by atoms with Crippen molar-refractivity contribution in [3.05, 3.63) is 41.5 Å². The maximum Gasteiger partial charge on any atom is 0.200 e. The number of allylic oxidation sites excluding steroid dienone is 2. The van der Waals surface area contributed by atoms with E-state index in [9.17, 15) is 8.78 Å². The summed E-state index contributed by atoms with van der Waals surface area (Å²) < 4.78 is 33.5. The molecule has 0 aliphatic heterocycles. The zero-order chi connectivity index (χ0) is 15.4. The van der Waals surface area contributed by atoms with Gasteiger partial charge in [-0.1, -0.05) is 43.9 Å². The van der Waals surface area contributed by atoms with Crippen molar-refractivity contribution in [1.82, 2.24) is 0 Å². The Hall–Kier alpha value is -1.38. The molecule has 22 heavy (non-hydrogen) atoms. The Bertz CT molecular complexity index is 528. The van der Waals surface area contributed by atoms with Gasteiger partial charge in [-0.2, -0.15) is 4.39 Å². The van der Waals surface area contributed by atoms with Crippen molar-refractivity contribution in [2.45, 2.75) is 51.4 Å². The molecule has 3 rings (SSSR count). The predicted octanol–water partition coefficient (Wildman–Crippen LogP) is 5.43. The quantitative estimate of drug-likeness (QED) is 0.610. The monoisotopic (exact) mass is 306 g/mol. The Labute approximate surface area is 131 Å². The van der Waals surface area contributed by atoms with Crippen LogP contribution in [0.1, 0.15) is 50.5 Å². The largest absolute Gasteiger partial charge is 0.490 e. The lowest BCUT2D eigenvalue weighted by Crippen LogP contribution is -2.03. The zero-order valence-corrected chi connectivity index (χ0v) is 13.0. The third-order valence-electron chi connectivity index (χ3n) is 4.75. The van der Waals surface area contributed by atoms with Crippen LogP contribution in [0.15, 0.2) is 24.3 Å². The van der Waals surface area contributed by atoms with Crippen LogP contribution >= 0.6 is 0 Å². The van der Waals surface area contributed by atoms with Gasteiger partial charge in [0.2, 0.25) is 5.82 Å². The fraction of sp³-hybridized carbons (Fsp3) is 0.579. The molecule has 1 nitrogen and oxygen atoms in total. The third kappa shape index (κ3) is 4.08. The molecule has 0 saturated heterocycles. The van der Waals surface area contributed by atoms with Crippen molar-refractivity contribution >= 4 is 0 Å². The third-order valence-corrected chi connectivity index (χ3v) is 4.75. The van der Waals surface area contributed by atoms with Crippen LogP contribution in [-0.4, -0.2) is 6.61 Å². The number of halogens is 2. The molecule has 0 atom stereocenters. The summed E-state index contributed by atoms with van der Waals surface area (Å²) in [5.74, 6) is -0.213. The van der Waals surface area contributed by atoms with Crippen LogP contribution in [0.4, 0.5) is 8.78 Å². The molecule has 0 bridgehead atoms. The fourth-order valence-corrected chi connectivity index (χ4v) is 3.12. The highest BCUT2D eigenvalue weighted by Gasteiger charge is 2.21. The van der Waals surface area contributed by atoms with E-state index in [2.05, 4.69) is 6.08 Å². The molecule has 0 heterocycles. The molecule has 2 saturated carbocycles. The van der Waals surface area contributed by atoms with Gasteiger partial charge >= 0.3 is 0 Å². The van der Waals surface area contributed by atoms with Crippen LogP contribution in [-0.2, 0) is 6.42 Å². The first kappa shape index (κ1) is 15.5. The summed E-state index contributed by atoms with van der Waals surface area (Å²) in [6, 6.07) is 3.20. The van der Waals surface area contributed by atoms with E-state index in [1.807, 2.05) is 6.08 Å². The molecule has 0 aromatic heterocycles. The molecule has 0 unspecified atom stereocenters. The van der Waals surface area contributed by atoms with Gasteiger partial charge in [0, 0.05) is 0 Å². The number of ether oxygens (including phenoxy) is 1. The molecule has 0 radical (unpaired) electrons. The van der Waals surface area contributed by atoms with Gasteiger partial charge in [-0.3, -0.25) is 0 Å². The van der Waals surface area contributed by atoms with Gasteiger partial charge in [-0.25, -0.2) is 4.39 Å². The summed E-state index contributed by atoms with van der Waals surface area (Å²) >= 11 is 0. The molecular weight excluding hydrogens is 282 g/mol. The maximum absolute atomic E-state index is 14.1. The van der Waals surface area contributed by atoms with E-state index in [1.165, 1.54) is 38.5 Å². The molecular formula is C19H24F2O. The lowest BCUT2D eigenvalue weighted by molar-refractivity contribution is 0.282. The second-order valence-electron chi connectivity index (χ2n) is 6.61. The summed E-state index contributed by atoms with van der Waals surface area (Å²) in [6.45, 7) is 0.474. The predicted molar refractivity (Wildman–Crippen MR) is 84.0 cm³/mol. The van der Waals surface area contributed by atoms with Crippen molar-refractivity contribution in [3.8, 4) is 5.75 Å². The van der Waals surface area contributed by atoms with Gasteiger partial charge < -0.3 is 4.74 Å². The normalized spacial score (nSPS) is 19.2.